The fraction of sp³-hybridized carbons (Fsp3) is 0.0625. The lowest BCUT2D eigenvalue weighted by molar-refractivity contribution is 1.26. The van der Waals surface area contributed by atoms with E-state index in [4.69, 9.17) is 0 Å². The molecule has 0 bridgehead atoms. The summed E-state index contributed by atoms with van der Waals surface area (Å²) in [7, 11) is 0. The van der Waals surface area contributed by atoms with Gasteiger partial charge in [0.2, 0.25) is 0 Å². The Morgan fingerprint density at radius 2 is 1.00 bits per heavy atom. The van der Waals surface area contributed by atoms with Crippen molar-refractivity contribution in [3.63, 3.8) is 0 Å². The molecule has 32 heavy (non-hydrogen) atoms. The number of rotatable bonds is 3. The number of hydrogen-bond acceptors (Lipinski definition) is 0. The van der Waals surface area contributed by atoms with E-state index in [0.717, 1.165) is 6.42 Å². The molecule has 0 saturated heterocycles. The molecule has 0 aromatic heterocycles. The zero-order valence-corrected chi connectivity index (χ0v) is 18.2. The highest BCUT2D eigenvalue weighted by Gasteiger charge is 2.21. The standard InChI is InChI=1S/C32H24/c1-22-10-11-28-21-32-29(8-5-9-30(32)31(28)20-22)27-18-16-26(17-19-27)25-14-12-24(13-15-25)23-6-3-2-4-7-23/h2-20H,21H2,1H3. The van der Waals surface area contributed by atoms with E-state index >= 15 is 0 Å². The van der Waals surface area contributed by atoms with Gasteiger partial charge in [-0.1, -0.05) is 121 Å². The number of fused-ring (bicyclic) bond motifs is 3. The van der Waals surface area contributed by atoms with E-state index in [1.807, 2.05) is 0 Å². The molecular weight excluding hydrogens is 384 g/mol. The van der Waals surface area contributed by atoms with E-state index < -0.39 is 0 Å². The molecule has 0 nitrogen and oxygen atoms in total. The molecule has 5 aromatic rings. The van der Waals surface area contributed by atoms with Crippen LogP contribution in [-0.2, 0) is 6.42 Å². The third kappa shape index (κ3) is 3.25. The van der Waals surface area contributed by atoms with Crippen molar-refractivity contribution < 1.29 is 0 Å². The van der Waals surface area contributed by atoms with Crippen molar-refractivity contribution in [2.75, 3.05) is 0 Å². The minimum absolute atomic E-state index is 1.02. The summed E-state index contributed by atoms with van der Waals surface area (Å²) in [6.07, 6.45) is 1.02. The minimum atomic E-state index is 1.02. The predicted octanol–water partition coefficient (Wildman–Crippen LogP) is 8.57. The summed E-state index contributed by atoms with van der Waals surface area (Å²) < 4.78 is 0. The normalized spacial score (nSPS) is 11.8. The maximum atomic E-state index is 2.33. The van der Waals surface area contributed by atoms with E-state index in [0.29, 0.717) is 0 Å². The van der Waals surface area contributed by atoms with Crippen LogP contribution in [0.5, 0.6) is 0 Å². The van der Waals surface area contributed by atoms with Gasteiger partial charge in [-0.15, -0.1) is 0 Å². The van der Waals surface area contributed by atoms with Gasteiger partial charge in [-0.05, 0) is 69.0 Å². The molecule has 5 aromatic carbocycles. The van der Waals surface area contributed by atoms with Crippen LogP contribution < -0.4 is 0 Å². The van der Waals surface area contributed by atoms with Crippen molar-refractivity contribution in [1.82, 2.24) is 0 Å². The second-order valence-electron chi connectivity index (χ2n) is 8.69. The first-order valence-electron chi connectivity index (χ1n) is 11.2. The van der Waals surface area contributed by atoms with Gasteiger partial charge >= 0.3 is 0 Å². The molecule has 0 spiro atoms. The van der Waals surface area contributed by atoms with Gasteiger partial charge in [0, 0.05) is 0 Å². The van der Waals surface area contributed by atoms with Crippen LogP contribution in [0, 0.1) is 6.92 Å². The van der Waals surface area contributed by atoms with E-state index in [2.05, 4.69) is 122 Å². The number of benzene rings is 5. The Balaban J connectivity index is 1.31. The van der Waals surface area contributed by atoms with E-state index in [1.54, 1.807) is 0 Å². The van der Waals surface area contributed by atoms with Gasteiger partial charge in [-0.3, -0.25) is 0 Å². The van der Waals surface area contributed by atoms with Gasteiger partial charge < -0.3 is 0 Å². The van der Waals surface area contributed by atoms with Crippen LogP contribution in [0.15, 0.2) is 115 Å². The van der Waals surface area contributed by atoms with Crippen LogP contribution in [0.4, 0.5) is 0 Å². The highest BCUT2D eigenvalue weighted by molar-refractivity contribution is 5.85. The second-order valence-corrected chi connectivity index (χ2v) is 8.69. The first-order valence-corrected chi connectivity index (χ1v) is 11.2. The van der Waals surface area contributed by atoms with Crippen LogP contribution in [-0.4, -0.2) is 0 Å². The Kier molecular flexibility index (Phi) is 4.51. The van der Waals surface area contributed by atoms with E-state index in [-0.39, 0.29) is 0 Å². The number of aryl methyl sites for hydroxylation is 1. The Morgan fingerprint density at radius 1 is 0.438 bits per heavy atom. The summed E-state index contributed by atoms with van der Waals surface area (Å²) in [5, 5.41) is 0. The maximum absolute atomic E-state index is 2.33. The maximum Gasteiger partial charge on any atom is -0.000728 e. The summed E-state index contributed by atoms with van der Waals surface area (Å²) in [6.45, 7) is 2.17. The van der Waals surface area contributed by atoms with Gasteiger partial charge in [-0.25, -0.2) is 0 Å². The molecule has 0 unspecified atom stereocenters. The van der Waals surface area contributed by atoms with Crippen molar-refractivity contribution in [3.05, 3.63) is 132 Å². The van der Waals surface area contributed by atoms with Crippen LogP contribution in [0.25, 0.3) is 44.5 Å². The molecule has 0 heteroatoms. The van der Waals surface area contributed by atoms with Crippen molar-refractivity contribution in [1.29, 1.82) is 0 Å². The smallest absolute Gasteiger partial charge is 0.000728 e. The van der Waals surface area contributed by atoms with Crippen molar-refractivity contribution in [2.24, 2.45) is 0 Å². The lowest BCUT2D eigenvalue weighted by atomic mass is 9.94. The topological polar surface area (TPSA) is 0 Å². The van der Waals surface area contributed by atoms with Gasteiger partial charge in [0.25, 0.3) is 0 Å². The largest absolute Gasteiger partial charge is 0.0622 e. The lowest BCUT2D eigenvalue weighted by Crippen LogP contribution is -1.88. The van der Waals surface area contributed by atoms with Crippen LogP contribution in [0.3, 0.4) is 0 Å². The van der Waals surface area contributed by atoms with Crippen LogP contribution in [0.2, 0.25) is 0 Å². The fourth-order valence-electron chi connectivity index (χ4n) is 4.91. The average Bonchev–Trinajstić information content (AvgIpc) is 3.23. The molecule has 0 amide bonds. The number of hydrogen-bond donors (Lipinski definition) is 0. The minimum Gasteiger partial charge on any atom is -0.0622 e. The summed E-state index contributed by atoms with van der Waals surface area (Å²) >= 11 is 0. The third-order valence-electron chi connectivity index (χ3n) is 6.62. The lowest BCUT2D eigenvalue weighted by Gasteiger charge is -2.10. The summed E-state index contributed by atoms with van der Waals surface area (Å²) in [5.74, 6) is 0. The van der Waals surface area contributed by atoms with Crippen molar-refractivity contribution in [2.45, 2.75) is 13.3 Å². The molecule has 0 atom stereocenters. The Morgan fingerprint density at radius 3 is 1.66 bits per heavy atom. The van der Waals surface area contributed by atoms with Gasteiger partial charge in [0.15, 0.2) is 0 Å². The second kappa shape index (κ2) is 7.66. The SMILES string of the molecule is Cc1ccc2c(c1)-c1cccc(-c3ccc(-c4ccc(-c5ccccc5)cc4)cc3)c1C2. The first-order chi connectivity index (χ1) is 15.8. The molecule has 0 radical (unpaired) electrons. The zero-order chi connectivity index (χ0) is 21.5. The molecule has 0 heterocycles. The molecule has 0 fully saturated rings. The predicted molar refractivity (Wildman–Crippen MR) is 136 cm³/mol. The molecule has 1 aliphatic carbocycles. The Hall–Kier alpha value is -3.90. The fourth-order valence-corrected chi connectivity index (χ4v) is 4.91. The van der Waals surface area contributed by atoms with E-state index in [1.165, 1.54) is 61.2 Å². The summed E-state index contributed by atoms with van der Waals surface area (Å²) in [6, 6.07) is 42.0. The monoisotopic (exact) mass is 408 g/mol. The molecule has 152 valence electrons. The highest BCUT2D eigenvalue weighted by Crippen LogP contribution is 2.42. The zero-order valence-electron chi connectivity index (χ0n) is 18.2. The first kappa shape index (κ1) is 18.8. The van der Waals surface area contributed by atoms with Crippen LogP contribution >= 0.6 is 0 Å². The van der Waals surface area contributed by atoms with Gasteiger partial charge in [0.05, 0.1) is 0 Å². The molecule has 0 N–H and O–H groups in total. The molecule has 0 saturated carbocycles. The average molecular weight is 409 g/mol. The van der Waals surface area contributed by atoms with Gasteiger partial charge in [-0.2, -0.15) is 0 Å². The van der Waals surface area contributed by atoms with Crippen LogP contribution in [0.1, 0.15) is 16.7 Å². The van der Waals surface area contributed by atoms with E-state index in [9.17, 15) is 0 Å². The Labute approximate surface area is 189 Å². The molecular formula is C32H24. The van der Waals surface area contributed by atoms with Crippen molar-refractivity contribution >= 4 is 0 Å². The van der Waals surface area contributed by atoms with Crippen molar-refractivity contribution in [3.8, 4) is 44.5 Å². The molecule has 6 rings (SSSR count). The Bertz CT molecular complexity index is 1410. The quantitative estimate of drug-likeness (QED) is 0.275. The highest BCUT2D eigenvalue weighted by atomic mass is 14.2. The molecule has 1 aliphatic rings. The van der Waals surface area contributed by atoms with Gasteiger partial charge in [0.1, 0.15) is 0 Å². The third-order valence-corrected chi connectivity index (χ3v) is 6.62. The summed E-state index contributed by atoms with van der Waals surface area (Å²) in [5.41, 5.74) is 14.6. The summed E-state index contributed by atoms with van der Waals surface area (Å²) in [4.78, 5) is 0. The molecule has 0 aliphatic heterocycles.